The number of nitrogens with zero attached hydrogens (tertiary/aromatic N) is 2. The molecule has 26 heavy (non-hydrogen) atoms. The minimum Gasteiger partial charge on any atom is -0.507 e. The molecule has 2 aromatic heterocycles. The van der Waals surface area contributed by atoms with Crippen LogP contribution in [0.15, 0.2) is 18.2 Å². The molecule has 0 aliphatic heterocycles. The number of phenols is 1. The topological polar surface area (TPSA) is 122 Å². The van der Waals surface area contributed by atoms with Crippen LogP contribution in [0.4, 0.5) is 11.5 Å². The van der Waals surface area contributed by atoms with Crippen molar-refractivity contribution in [2.24, 2.45) is 0 Å². The number of methoxy groups -OCH3 is 1. The Balaban J connectivity index is 2.10. The van der Waals surface area contributed by atoms with Crippen molar-refractivity contribution in [2.75, 3.05) is 12.4 Å². The number of carboxylic acid groups (broad SMARTS) is 1. The SMILES string of the molecule is COC(=O)c1sc2nc(C)nc(Nc3ccc(C(=O)O)c(O)c3)c2c1C. The summed E-state index contributed by atoms with van der Waals surface area (Å²) in [7, 11) is 1.31. The molecular formula is C17H15N3O5S. The number of hydrogen-bond donors (Lipinski definition) is 3. The van der Waals surface area contributed by atoms with E-state index in [1.54, 1.807) is 13.8 Å². The number of aromatic carboxylic acids is 1. The predicted molar refractivity (Wildman–Crippen MR) is 96.6 cm³/mol. The van der Waals surface area contributed by atoms with Gasteiger partial charge in [0.2, 0.25) is 0 Å². The van der Waals surface area contributed by atoms with Crippen LogP contribution in [-0.2, 0) is 4.74 Å². The minimum absolute atomic E-state index is 0.195. The van der Waals surface area contributed by atoms with E-state index in [1.165, 1.54) is 36.6 Å². The molecule has 134 valence electrons. The van der Waals surface area contributed by atoms with E-state index < -0.39 is 11.9 Å². The molecule has 8 nitrogen and oxygen atoms in total. The van der Waals surface area contributed by atoms with Crippen molar-refractivity contribution < 1.29 is 24.5 Å². The number of esters is 1. The number of rotatable bonds is 4. The minimum atomic E-state index is -1.22. The molecule has 3 N–H and O–H groups in total. The molecule has 0 fully saturated rings. The molecule has 9 heteroatoms. The quantitative estimate of drug-likeness (QED) is 0.596. The third kappa shape index (κ3) is 3.04. The molecule has 0 aliphatic rings. The van der Waals surface area contributed by atoms with Crippen molar-refractivity contribution in [3.63, 3.8) is 0 Å². The number of fused-ring (bicyclic) bond motifs is 1. The van der Waals surface area contributed by atoms with Crippen molar-refractivity contribution in [1.82, 2.24) is 9.97 Å². The number of aryl methyl sites for hydroxylation is 2. The average Bonchev–Trinajstić information content (AvgIpc) is 2.90. The molecule has 3 aromatic rings. The number of aromatic hydroxyl groups is 1. The summed E-state index contributed by atoms with van der Waals surface area (Å²) in [4.78, 5) is 32.8. The number of ether oxygens (including phenoxy) is 1. The van der Waals surface area contributed by atoms with Gasteiger partial charge >= 0.3 is 11.9 Å². The van der Waals surface area contributed by atoms with E-state index >= 15 is 0 Å². The zero-order valence-corrected chi connectivity index (χ0v) is 15.0. The van der Waals surface area contributed by atoms with Gasteiger partial charge in [0, 0.05) is 11.8 Å². The van der Waals surface area contributed by atoms with E-state index in [1.807, 2.05) is 0 Å². The number of aromatic nitrogens is 2. The standard InChI is InChI=1S/C17H15N3O5S/c1-7-12-14(20-9-4-5-10(16(22)23)11(21)6-9)18-8(2)19-15(12)26-13(7)17(24)25-3/h4-6,21H,1-3H3,(H,22,23)(H,18,19,20). The fourth-order valence-electron chi connectivity index (χ4n) is 2.55. The van der Waals surface area contributed by atoms with Gasteiger partial charge in [0.15, 0.2) is 0 Å². The molecule has 1 aromatic carbocycles. The number of carbonyl (C=O) groups excluding carboxylic acids is 1. The van der Waals surface area contributed by atoms with E-state index in [0.717, 1.165) is 0 Å². The normalized spacial score (nSPS) is 10.7. The van der Waals surface area contributed by atoms with Crippen LogP contribution in [0.2, 0.25) is 0 Å². The lowest BCUT2D eigenvalue weighted by atomic mass is 10.1. The van der Waals surface area contributed by atoms with Gasteiger partial charge in [-0.1, -0.05) is 0 Å². The lowest BCUT2D eigenvalue weighted by molar-refractivity contribution is 0.0604. The second kappa shape index (κ2) is 6.60. The Bertz CT molecular complexity index is 1040. The molecule has 0 amide bonds. The highest BCUT2D eigenvalue weighted by molar-refractivity contribution is 7.20. The monoisotopic (exact) mass is 373 g/mol. The first-order chi connectivity index (χ1) is 12.3. The summed E-state index contributed by atoms with van der Waals surface area (Å²) in [5.74, 6) is -1.06. The van der Waals surface area contributed by atoms with Crippen molar-refractivity contribution in [1.29, 1.82) is 0 Å². The maximum Gasteiger partial charge on any atom is 0.348 e. The van der Waals surface area contributed by atoms with Crippen LogP contribution in [0, 0.1) is 13.8 Å². The summed E-state index contributed by atoms with van der Waals surface area (Å²) in [6.07, 6.45) is 0. The van der Waals surface area contributed by atoms with E-state index in [-0.39, 0.29) is 11.3 Å². The number of nitrogens with one attached hydrogen (secondary N) is 1. The van der Waals surface area contributed by atoms with E-state index in [2.05, 4.69) is 15.3 Å². The first-order valence-electron chi connectivity index (χ1n) is 7.51. The molecule has 3 rings (SSSR count). The summed E-state index contributed by atoms with van der Waals surface area (Å²) in [6.45, 7) is 3.50. The summed E-state index contributed by atoms with van der Waals surface area (Å²) < 4.78 is 4.80. The molecule has 0 spiro atoms. The molecule has 0 saturated carbocycles. The van der Waals surface area contributed by atoms with Crippen molar-refractivity contribution in [2.45, 2.75) is 13.8 Å². The number of carboxylic acids is 1. The number of benzene rings is 1. The van der Waals surface area contributed by atoms with Crippen LogP contribution in [0.25, 0.3) is 10.2 Å². The highest BCUT2D eigenvalue weighted by Crippen LogP contribution is 2.36. The zero-order valence-electron chi connectivity index (χ0n) is 14.2. The second-order valence-electron chi connectivity index (χ2n) is 5.51. The fraction of sp³-hybridized carbons (Fsp3) is 0.176. The first kappa shape index (κ1) is 17.6. The molecule has 0 unspecified atom stereocenters. The van der Waals surface area contributed by atoms with Gasteiger partial charge in [-0.25, -0.2) is 19.6 Å². The molecule has 2 heterocycles. The van der Waals surface area contributed by atoms with Crippen molar-refractivity contribution >= 4 is 45.0 Å². The highest BCUT2D eigenvalue weighted by atomic mass is 32.1. The summed E-state index contributed by atoms with van der Waals surface area (Å²) in [5, 5.41) is 22.6. The Morgan fingerprint density at radius 3 is 2.58 bits per heavy atom. The molecule has 0 radical (unpaired) electrons. The van der Waals surface area contributed by atoms with E-state index in [0.29, 0.717) is 38.0 Å². The van der Waals surface area contributed by atoms with Gasteiger partial charge in [-0.2, -0.15) is 0 Å². The maximum absolute atomic E-state index is 11.9. The highest BCUT2D eigenvalue weighted by Gasteiger charge is 2.21. The number of thiophene rings is 1. The number of anilines is 2. The summed E-state index contributed by atoms with van der Waals surface area (Å²) in [5.41, 5.74) is 0.946. The largest absolute Gasteiger partial charge is 0.507 e. The fourth-order valence-corrected chi connectivity index (χ4v) is 3.70. The molecule has 0 saturated heterocycles. The lowest BCUT2D eigenvalue weighted by Gasteiger charge is -2.10. The van der Waals surface area contributed by atoms with Crippen molar-refractivity contribution in [3.8, 4) is 5.75 Å². The van der Waals surface area contributed by atoms with Gasteiger partial charge in [-0.05, 0) is 31.5 Å². The molecule has 0 bridgehead atoms. The smallest absolute Gasteiger partial charge is 0.348 e. The Hall–Kier alpha value is -3.20. The molecular weight excluding hydrogens is 358 g/mol. The van der Waals surface area contributed by atoms with Crippen LogP contribution in [0.1, 0.15) is 31.4 Å². The maximum atomic E-state index is 11.9. The van der Waals surface area contributed by atoms with Gasteiger partial charge in [-0.15, -0.1) is 11.3 Å². The van der Waals surface area contributed by atoms with Crippen LogP contribution < -0.4 is 5.32 Å². The first-order valence-corrected chi connectivity index (χ1v) is 8.33. The molecule has 0 atom stereocenters. The predicted octanol–water partition coefficient (Wildman–Crippen LogP) is 3.24. The van der Waals surface area contributed by atoms with Gasteiger partial charge in [-0.3, -0.25) is 0 Å². The van der Waals surface area contributed by atoms with Crippen LogP contribution in [0.5, 0.6) is 5.75 Å². The number of hydrogen-bond acceptors (Lipinski definition) is 8. The van der Waals surface area contributed by atoms with Gasteiger partial charge < -0.3 is 20.3 Å². The van der Waals surface area contributed by atoms with Gasteiger partial charge in [0.05, 0.1) is 12.5 Å². The van der Waals surface area contributed by atoms with Gasteiger partial charge in [0.25, 0.3) is 0 Å². The Morgan fingerprint density at radius 2 is 1.96 bits per heavy atom. The lowest BCUT2D eigenvalue weighted by Crippen LogP contribution is -2.01. The Kier molecular flexibility index (Phi) is 4.47. The van der Waals surface area contributed by atoms with Crippen LogP contribution >= 0.6 is 11.3 Å². The Morgan fingerprint density at radius 1 is 1.23 bits per heavy atom. The third-order valence-electron chi connectivity index (χ3n) is 3.76. The van der Waals surface area contributed by atoms with Crippen molar-refractivity contribution in [3.05, 3.63) is 40.0 Å². The third-order valence-corrected chi connectivity index (χ3v) is 4.93. The van der Waals surface area contributed by atoms with E-state index in [4.69, 9.17) is 9.84 Å². The number of carbonyl (C=O) groups is 2. The van der Waals surface area contributed by atoms with Gasteiger partial charge in [0.1, 0.15) is 32.7 Å². The second-order valence-corrected chi connectivity index (χ2v) is 6.51. The van der Waals surface area contributed by atoms with Crippen LogP contribution in [-0.4, -0.2) is 39.2 Å². The van der Waals surface area contributed by atoms with Crippen LogP contribution in [0.3, 0.4) is 0 Å². The summed E-state index contributed by atoms with van der Waals surface area (Å²) >= 11 is 1.21. The Labute approximate surface area is 152 Å². The zero-order chi connectivity index (χ0) is 19.0. The average molecular weight is 373 g/mol. The van der Waals surface area contributed by atoms with E-state index in [9.17, 15) is 14.7 Å². The molecule has 0 aliphatic carbocycles. The summed E-state index contributed by atoms with van der Waals surface area (Å²) in [6, 6.07) is 4.12.